The molecule has 7 heteroatoms. The SMILES string of the molecule is Cc1ccc(CNC(=O)Nc2sccc2C(=O)O)cn1. The van der Waals surface area contributed by atoms with Crippen LogP contribution in [0.3, 0.4) is 0 Å². The summed E-state index contributed by atoms with van der Waals surface area (Å²) in [5.41, 5.74) is 1.86. The van der Waals surface area contributed by atoms with Gasteiger partial charge in [0.05, 0.1) is 5.56 Å². The third-order valence-corrected chi connectivity index (χ3v) is 3.38. The summed E-state index contributed by atoms with van der Waals surface area (Å²) in [6.45, 7) is 2.21. The second-order valence-electron chi connectivity index (χ2n) is 4.08. The monoisotopic (exact) mass is 291 g/mol. The van der Waals surface area contributed by atoms with Crippen LogP contribution in [0.1, 0.15) is 21.6 Å². The van der Waals surface area contributed by atoms with Crippen molar-refractivity contribution in [2.45, 2.75) is 13.5 Å². The fraction of sp³-hybridized carbons (Fsp3) is 0.154. The summed E-state index contributed by atoms with van der Waals surface area (Å²) < 4.78 is 0. The molecule has 0 spiro atoms. The Morgan fingerprint density at radius 3 is 2.80 bits per heavy atom. The summed E-state index contributed by atoms with van der Waals surface area (Å²) in [4.78, 5) is 26.7. The molecule has 20 heavy (non-hydrogen) atoms. The highest BCUT2D eigenvalue weighted by Crippen LogP contribution is 2.22. The number of nitrogens with one attached hydrogen (secondary N) is 2. The Morgan fingerprint density at radius 2 is 2.15 bits per heavy atom. The average molecular weight is 291 g/mol. The van der Waals surface area contributed by atoms with E-state index < -0.39 is 12.0 Å². The molecule has 2 heterocycles. The molecule has 2 aromatic rings. The molecule has 0 aromatic carbocycles. The number of nitrogens with zero attached hydrogens (tertiary/aromatic N) is 1. The molecule has 3 N–H and O–H groups in total. The zero-order chi connectivity index (χ0) is 14.5. The van der Waals surface area contributed by atoms with E-state index in [1.807, 2.05) is 19.1 Å². The number of hydrogen-bond acceptors (Lipinski definition) is 4. The second kappa shape index (κ2) is 6.16. The lowest BCUT2D eigenvalue weighted by atomic mass is 10.2. The fourth-order valence-corrected chi connectivity index (χ4v) is 2.28. The van der Waals surface area contributed by atoms with Crippen molar-refractivity contribution in [1.82, 2.24) is 10.3 Å². The number of aromatic nitrogens is 1. The molecule has 0 unspecified atom stereocenters. The fourth-order valence-electron chi connectivity index (χ4n) is 1.51. The van der Waals surface area contributed by atoms with E-state index in [9.17, 15) is 9.59 Å². The molecule has 0 saturated carbocycles. The first kappa shape index (κ1) is 14.0. The number of thiophene rings is 1. The maximum absolute atomic E-state index is 11.7. The van der Waals surface area contributed by atoms with Crippen molar-refractivity contribution in [3.8, 4) is 0 Å². The van der Waals surface area contributed by atoms with E-state index in [4.69, 9.17) is 5.11 Å². The van der Waals surface area contributed by atoms with Gasteiger partial charge >= 0.3 is 12.0 Å². The molecule has 2 amide bonds. The van der Waals surface area contributed by atoms with Crippen LogP contribution in [-0.4, -0.2) is 22.1 Å². The first-order valence-electron chi connectivity index (χ1n) is 5.83. The predicted molar refractivity (Wildman–Crippen MR) is 76.1 cm³/mol. The van der Waals surface area contributed by atoms with Crippen molar-refractivity contribution in [3.63, 3.8) is 0 Å². The molecule has 0 saturated heterocycles. The van der Waals surface area contributed by atoms with Crippen molar-refractivity contribution in [2.75, 3.05) is 5.32 Å². The molecule has 104 valence electrons. The normalized spacial score (nSPS) is 10.1. The maximum atomic E-state index is 11.7. The third kappa shape index (κ3) is 3.55. The van der Waals surface area contributed by atoms with E-state index in [0.29, 0.717) is 11.5 Å². The summed E-state index contributed by atoms with van der Waals surface area (Å²) in [5.74, 6) is -1.07. The quantitative estimate of drug-likeness (QED) is 0.807. The van der Waals surface area contributed by atoms with E-state index in [1.54, 1.807) is 11.6 Å². The number of rotatable bonds is 4. The first-order chi connectivity index (χ1) is 9.56. The van der Waals surface area contributed by atoms with Crippen LogP contribution in [0.25, 0.3) is 0 Å². The van der Waals surface area contributed by atoms with Crippen molar-refractivity contribution < 1.29 is 14.7 Å². The van der Waals surface area contributed by atoms with Gasteiger partial charge in [0.2, 0.25) is 0 Å². The molecule has 0 aliphatic heterocycles. The average Bonchev–Trinajstić information content (AvgIpc) is 2.86. The van der Waals surface area contributed by atoms with Crippen LogP contribution >= 0.6 is 11.3 Å². The molecule has 0 bridgehead atoms. The van der Waals surface area contributed by atoms with E-state index in [2.05, 4.69) is 15.6 Å². The van der Waals surface area contributed by atoms with Gasteiger partial charge in [-0.3, -0.25) is 10.3 Å². The van der Waals surface area contributed by atoms with E-state index in [-0.39, 0.29) is 5.56 Å². The Morgan fingerprint density at radius 1 is 1.35 bits per heavy atom. The van der Waals surface area contributed by atoms with Crippen LogP contribution in [0, 0.1) is 6.92 Å². The lowest BCUT2D eigenvalue weighted by Gasteiger charge is -2.07. The van der Waals surface area contributed by atoms with Crippen LogP contribution < -0.4 is 10.6 Å². The largest absolute Gasteiger partial charge is 0.478 e. The molecule has 0 aliphatic carbocycles. The van der Waals surface area contributed by atoms with Crippen LogP contribution in [0.5, 0.6) is 0 Å². The lowest BCUT2D eigenvalue weighted by molar-refractivity contribution is 0.0698. The summed E-state index contributed by atoms with van der Waals surface area (Å²) in [5, 5.41) is 16.0. The number of aryl methyl sites for hydroxylation is 1. The van der Waals surface area contributed by atoms with Gasteiger partial charge in [-0.05, 0) is 30.0 Å². The standard InChI is InChI=1S/C13H13N3O3S/c1-8-2-3-9(6-14-8)7-15-13(19)16-11-10(12(17)18)4-5-20-11/h2-6H,7H2,1H3,(H,17,18)(H2,15,16,19). The minimum absolute atomic E-state index is 0.0853. The molecule has 0 radical (unpaired) electrons. The number of aromatic carboxylic acids is 1. The van der Waals surface area contributed by atoms with E-state index in [1.165, 1.54) is 6.07 Å². The minimum atomic E-state index is -1.07. The van der Waals surface area contributed by atoms with Gasteiger partial charge < -0.3 is 10.4 Å². The van der Waals surface area contributed by atoms with Crippen LogP contribution in [0.2, 0.25) is 0 Å². The van der Waals surface area contributed by atoms with Crippen molar-refractivity contribution in [3.05, 3.63) is 46.6 Å². The third-order valence-electron chi connectivity index (χ3n) is 2.55. The van der Waals surface area contributed by atoms with Gasteiger partial charge in [0.15, 0.2) is 0 Å². The smallest absolute Gasteiger partial charge is 0.338 e. The van der Waals surface area contributed by atoms with Crippen molar-refractivity contribution in [1.29, 1.82) is 0 Å². The minimum Gasteiger partial charge on any atom is -0.478 e. The molecule has 0 atom stereocenters. The number of carboxylic acid groups (broad SMARTS) is 1. The van der Waals surface area contributed by atoms with Crippen LogP contribution in [0.4, 0.5) is 9.80 Å². The van der Waals surface area contributed by atoms with Crippen LogP contribution in [-0.2, 0) is 6.54 Å². The summed E-state index contributed by atoms with van der Waals surface area (Å²) in [6.07, 6.45) is 1.68. The van der Waals surface area contributed by atoms with Gasteiger partial charge in [-0.1, -0.05) is 6.07 Å². The number of carboxylic acids is 1. The number of urea groups is 1. The number of amides is 2. The van der Waals surface area contributed by atoms with Gasteiger partial charge in [-0.25, -0.2) is 9.59 Å². The number of carbonyl (C=O) groups is 2. The summed E-state index contributed by atoms with van der Waals surface area (Å²) >= 11 is 1.16. The van der Waals surface area contributed by atoms with Gasteiger partial charge in [0.25, 0.3) is 0 Å². The molecular formula is C13H13N3O3S. The number of hydrogen-bond donors (Lipinski definition) is 3. The van der Waals surface area contributed by atoms with Crippen molar-refractivity contribution in [2.24, 2.45) is 0 Å². The van der Waals surface area contributed by atoms with Gasteiger partial charge in [-0.2, -0.15) is 0 Å². The highest BCUT2D eigenvalue weighted by molar-refractivity contribution is 7.14. The first-order valence-corrected chi connectivity index (χ1v) is 6.71. The summed E-state index contributed by atoms with van der Waals surface area (Å²) in [6, 6.07) is 4.73. The Kier molecular flexibility index (Phi) is 4.31. The Hall–Kier alpha value is -2.41. The lowest BCUT2D eigenvalue weighted by Crippen LogP contribution is -2.28. The zero-order valence-electron chi connectivity index (χ0n) is 10.7. The predicted octanol–water partition coefficient (Wildman–Crippen LogP) is 2.47. The maximum Gasteiger partial charge on any atom is 0.338 e. The Bertz CT molecular complexity index is 622. The summed E-state index contributed by atoms with van der Waals surface area (Å²) in [7, 11) is 0. The zero-order valence-corrected chi connectivity index (χ0v) is 11.5. The molecular weight excluding hydrogens is 278 g/mol. The number of anilines is 1. The van der Waals surface area contributed by atoms with Gasteiger partial charge in [0.1, 0.15) is 5.00 Å². The Balaban J connectivity index is 1.91. The van der Waals surface area contributed by atoms with E-state index >= 15 is 0 Å². The molecule has 2 aromatic heterocycles. The highest BCUT2D eigenvalue weighted by atomic mass is 32.1. The van der Waals surface area contributed by atoms with Crippen molar-refractivity contribution >= 4 is 28.3 Å². The molecule has 0 fully saturated rings. The number of pyridine rings is 1. The van der Waals surface area contributed by atoms with E-state index in [0.717, 1.165) is 22.6 Å². The topological polar surface area (TPSA) is 91.3 Å². The highest BCUT2D eigenvalue weighted by Gasteiger charge is 2.13. The second-order valence-corrected chi connectivity index (χ2v) is 5.00. The number of carbonyl (C=O) groups excluding carboxylic acids is 1. The molecule has 2 rings (SSSR count). The molecule has 6 nitrogen and oxygen atoms in total. The van der Waals surface area contributed by atoms with Crippen LogP contribution in [0.15, 0.2) is 29.8 Å². The molecule has 0 aliphatic rings. The van der Waals surface area contributed by atoms with Gasteiger partial charge in [-0.15, -0.1) is 11.3 Å². The van der Waals surface area contributed by atoms with Gasteiger partial charge in [0, 0.05) is 18.4 Å². The Labute approximate surface area is 119 Å².